The van der Waals surface area contributed by atoms with Crippen molar-refractivity contribution in [3.63, 3.8) is 0 Å². The van der Waals surface area contributed by atoms with Gasteiger partial charge in [0.15, 0.2) is 0 Å². The number of hydrogen-bond donors (Lipinski definition) is 4. The summed E-state index contributed by atoms with van der Waals surface area (Å²) in [6, 6.07) is 8.64. The van der Waals surface area contributed by atoms with E-state index >= 15 is 0 Å². The number of carbonyl (C=O) groups is 3. The number of nitrogens with zero attached hydrogens (tertiary/aromatic N) is 1. The summed E-state index contributed by atoms with van der Waals surface area (Å²) in [5.41, 5.74) is 0.928. The zero-order chi connectivity index (χ0) is 28.6. The Morgan fingerprint density at radius 3 is 2.21 bits per heavy atom. The van der Waals surface area contributed by atoms with E-state index in [9.17, 15) is 24.6 Å². The molecule has 4 N–H and O–H groups in total. The lowest BCUT2D eigenvalue weighted by atomic mass is 9.98. The smallest absolute Gasteiger partial charge is 0.408 e. The van der Waals surface area contributed by atoms with E-state index in [1.165, 1.54) is 29.2 Å². The average Bonchev–Trinajstić information content (AvgIpc) is 2.80. The molecule has 0 bridgehead atoms. The van der Waals surface area contributed by atoms with Crippen LogP contribution in [0, 0.1) is 6.92 Å². The average molecular weight is 526 g/mol. The fourth-order valence-corrected chi connectivity index (χ4v) is 3.86. The molecule has 2 aromatic carbocycles. The second-order valence-electron chi connectivity index (χ2n) is 10.5. The Morgan fingerprint density at radius 1 is 1.05 bits per heavy atom. The number of rotatable bonds is 10. The second kappa shape index (κ2) is 13.0. The molecule has 2 rings (SSSR count). The van der Waals surface area contributed by atoms with Crippen molar-refractivity contribution >= 4 is 17.9 Å². The Bertz CT molecular complexity index is 1140. The molecule has 0 fully saturated rings. The van der Waals surface area contributed by atoms with Gasteiger partial charge in [-0.15, -0.1) is 6.58 Å². The monoisotopic (exact) mass is 525 g/mol. The normalized spacial score (nSPS) is 12.8. The van der Waals surface area contributed by atoms with Crippen molar-refractivity contribution in [1.82, 2.24) is 15.5 Å². The molecule has 2 atom stereocenters. The minimum Gasteiger partial charge on any atom is -0.508 e. The third-order valence-corrected chi connectivity index (χ3v) is 5.50. The van der Waals surface area contributed by atoms with Gasteiger partial charge >= 0.3 is 6.09 Å². The van der Waals surface area contributed by atoms with Crippen molar-refractivity contribution in [2.45, 2.75) is 71.7 Å². The number of hydrogen-bond acceptors (Lipinski definition) is 6. The van der Waals surface area contributed by atoms with Crippen LogP contribution in [-0.2, 0) is 20.7 Å². The van der Waals surface area contributed by atoms with Crippen LogP contribution < -0.4 is 10.6 Å². The van der Waals surface area contributed by atoms with Gasteiger partial charge in [0, 0.05) is 19.0 Å². The lowest BCUT2D eigenvalue weighted by Crippen LogP contribution is -2.54. The van der Waals surface area contributed by atoms with Gasteiger partial charge < -0.3 is 30.5 Å². The Morgan fingerprint density at radius 2 is 1.68 bits per heavy atom. The molecule has 9 heteroatoms. The number of aromatic hydroxyl groups is 2. The van der Waals surface area contributed by atoms with Crippen LogP contribution in [0.15, 0.2) is 55.1 Å². The van der Waals surface area contributed by atoms with Gasteiger partial charge in [0.05, 0.1) is 0 Å². The van der Waals surface area contributed by atoms with Crippen LogP contribution in [0.5, 0.6) is 11.5 Å². The van der Waals surface area contributed by atoms with Crippen LogP contribution in [0.4, 0.5) is 4.79 Å². The van der Waals surface area contributed by atoms with Crippen LogP contribution in [0.1, 0.15) is 57.4 Å². The molecule has 0 saturated heterocycles. The molecule has 3 amide bonds. The van der Waals surface area contributed by atoms with E-state index in [-0.39, 0.29) is 30.5 Å². The number of nitrogens with one attached hydrogen (secondary N) is 2. The van der Waals surface area contributed by atoms with E-state index in [0.29, 0.717) is 16.7 Å². The number of phenolic OH excluding ortho intramolecular Hbond substituents is 2. The number of carbonyl (C=O) groups excluding carboxylic acids is 3. The lowest BCUT2D eigenvalue weighted by Gasteiger charge is -2.34. The zero-order valence-electron chi connectivity index (χ0n) is 22.9. The molecular formula is C29H39N3O6. The van der Waals surface area contributed by atoms with E-state index in [1.807, 2.05) is 13.8 Å². The zero-order valence-corrected chi connectivity index (χ0v) is 22.9. The Labute approximate surface area is 224 Å². The lowest BCUT2D eigenvalue weighted by molar-refractivity contribution is -0.142. The van der Waals surface area contributed by atoms with Gasteiger partial charge in [-0.1, -0.05) is 24.3 Å². The molecule has 38 heavy (non-hydrogen) atoms. The molecule has 0 saturated carbocycles. The molecular weight excluding hydrogens is 486 g/mol. The predicted octanol–water partition coefficient (Wildman–Crippen LogP) is 4.12. The first-order valence-corrected chi connectivity index (χ1v) is 12.5. The number of aryl methyl sites for hydroxylation is 1. The van der Waals surface area contributed by atoms with Gasteiger partial charge in [0.25, 0.3) is 0 Å². The van der Waals surface area contributed by atoms with Crippen molar-refractivity contribution in [3.05, 3.63) is 71.8 Å². The van der Waals surface area contributed by atoms with Crippen LogP contribution in [0.2, 0.25) is 0 Å². The van der Waals surface area contributed by atoms with E-state index in [1.54, 1.807) is 52.0 Å². The quantitative estimate of drug-likeness (QED) is 0.346. The summed E-state index contributed by atoms with van der Waals surface area (Å²) in [6.45, 7) is 14.3. The molecule has 0 radical (unpaired) electrons. The number of alkyl carbamates (subject to hydrolysis) is 1. The first kappa shape index (κ1) is 30.2. The highest BCUT2D eigenvalue weighted by Gasteiger charge is 2.36. The summed E-state index contributed by atoms with van der Waals surface area (Å²) in [4.78, 5) is 41.6. The molecule has 0 spiro atoms. The molecule has 2 unspecified atom stereocenters. The second-order valence-corrected chi connectivity index (χ2v) is 10.5. The summed E-state index contributed by atoms with van der Waals surface area (Å²) in [5, 5.41) is 25.2. The van der Waals surface area contributed by atoms with Gasteiger partial charge in [0.2, 0.25) is 11.8 Å². The third kappa shape index (κ3) is 8.83. The van der Waals surface area contributed by atoms with Crippen LogP contribution in [0.25, 0.3) is 0 Å². The molecule has 9 nitrogen and oxygen atoms in total. The molecule has 206 valence electrons. The minimum absolute atomic E-state index is 0.0109. The largest absolute Gasteiger partial charge is 0.508 e. The molecule has 0 heterocycles. The Kier molecular flexibility index (Phi) is 10.3. The number of benzene rings is 2. The fourth-order valence-electron chi connectivity index (χ4n) is 3.86. The SMILES string of the molecule is C=CCN(C(=O)C(Cc1ccc(O)cc1)NC(=O)OC(C)(C)C)C(C(=O)NC(C)C)c1ccc(O)c(C)c1. The van der Waals surface area contributed by atoms with Crippen LogP contribution >= 0.6 is 0 Å². The molecule has 0 aliphatic carbocycles. The fraction of sp³-hybridized carbons (Fsp3) is 0.414. The van der Waals surface area contributed by atoms with Gasteiger partial charge in [-0.3, -0.25) is 9.59 Å². The van der Waals surface area contributed by atoms with Crippen LogP contribution in [0.3, 0.4) is 0 Å². The summed E-state index contributed by atoms with van der Waals surface area (Å²) in [6.07, 6.45) is 0.808. The van der Waals surface area contributed by atoms with Gasteiger partial charge in [-0.2, -0.15) is 0 Å². The highest BCUT2D eigenvalue weighted by atomic mass is 16.6. The maximum Gasteiger partial charge on any atom is 0.408 e. The van der Waals surface area contributed by atoms with Crippen molar-refractivity contribution < 1.29 is 29.3 Å². The predicted molar refractivity (Wildman–Crippen MR) is 146 cm³/mol. The summed E-state index contributed by atoms with van der Waals surface area (Å²) < 4.78 is 5.40. The molecule has 0 aliphatic rings. The Hall–Kier alpha value is -4.01. The summed E-state index contributed by atoms with van der Waals surface area (Å²) in [5.74, 6) is -0.812. The van der Waals surface area contributed by atoms with Gasteiger partial charge in [0.1, 0.15) is 29.2 Å². The molecule has 2 aromatic rings. The highest BCUT2D eigenvalue weighted by Crippen LogP contribution is 2.27. The first-order chi connectivity index (χ1) is 17.7. The van der Waals surface area contributed by atoms with Crippen molar-refractivity contribution in [2.24, 2.45) is 0 Å². The highest BCUT2D eigenvalue weighted by molar-refractivity contribution is 5.92. The number of amides is 3. The van der Waals surface area contributed by atoms with Gasteiger partial charge in [-0.05, 0) is 82.5 Å². The van der Waals surface area contributed by atoms with Crippen molar-refractivity contribution in [3.8, 4) is 11.5 Å². The Balaban J connectivity index is 2.55. The van der Waals surface area contributed by atoms with Crippen molar-refractivity contribution in [2.75, 3.05) is 6.54 Å². The summed E-state index contributed by atoms with van der Waals surface area (Å²) >= 11 is 0. The van der Waals surface area contributed by atoms with Crippen molar-refractivity contribution in [1.29, 1.82) is 0 Å². The summed E-state index contributed by atoms with van der Waals surface area (Å²) in [7, 11) is 0. The van der Waals surface area contributed by atoms with E-state index in [4.69, 9.17) is 4.74 Å². The van der Waals surface area contributed by atoms with E-state index < -0.39 is 35.6 Å². The third-order valence-electron chi connectivity index (χ3n) is 5.50. The first-order valence-electron chi connectivity index (χ1n) is 12.5. The van der Waals surface area contributed by atoms with E-state index in [0.717, 1.165) is 0 Å². The molecule has 0 aliphatic heterocycles. The molecule has 0 aromatic heterocycles. The van der Waals surface area contributed by atoms with Gasteiger partial charge in [-0.25, -0.2) is 4.79 Å². The minimum atomic E-state index is -1.10. The van der Waals surface area contributed by atoms with E-state index in [2.05, 4.69) is 17.2 Å². The maximum absolute atomic E-state index is 14.1. The topological polar surface area (TPSA) is 128 Å². The number of ether oxygens (including phenoxy) is 1. The number of phenols is 2. The maximum atomic E-state index is 14.1. The standard InChI is InChI=1S/C29H39N3O6/c1-8-15-32(25(26(35)30-18(2)3)21-11-14-24(34)19(4)16-21)27(36)23(31-28(37)38-29(5,6)7)17-20-9-12-22(33)13-10-20/h8-14,16,18,23,25,33-34H,1,15,17H2,2-7H3,(H,30,35)(H,31,37). The van der Waals surface area contributed by atoms with Crippen LogP contribution in [-0.4, -0.2) is 57.3 Å².